The number of nitrogens with one attached hydrogen (secondary N) is 1. The maximum Gasteiger partial charge on any atom is 0.433 e. The number of halogens is 4. The first-order valence-electron chi connectivity index (χ1n) is 8.88. The van der Waals surface area contributed by atoms with E-state index in [4.69, 9.17) is 16.3 Å². The Morgan fingerprint density at radius 3 is 2.45 bits per heavy atom. The molecule has 3 aromatic rings. The Balaban J connectivity index is 1.82. The molecule has 0 spiro atoms. The van der Waals surface area contributed by atoms with Crippen molar-refractivity contribution in [3.8, 4) is 11.6 Å². The van der Waals surface area contributed by atoms with Gasteiger partial charge < -0.3 is 10.1 Å². The SMILES string of the molecule is COc1cc(C(C)N[C@H](C)c2cccc(Cl)c2)nn1-c1ccc(C(F)(F)F)nc1. The van der Waals surface area contributed by atoms with Crippen molar-refractivity contribution in [1.82, 2.24) is 20.1 Å². The summed E-state index contributed by atoms with van der Waals surface area (Å²) in [7, 11) is 1.47. The number of aromatic nitrogens is 3. The minimum atomic E-state index is -4.49. The number of hydrogen-bond donors (Lipinski definition) is 1. The van der Waals surface area contributed by atoms with Gasteiger partial charge >= 0.3 is 6.18 Å². The van der Waals surface area contributed by atoms with E-state index in [2.05, 4.69) is 15.4 Å². The molecule has 0 amide bonds. The van der Waals surface area contributed by atoms with Gasteiger partial charge in [-0.05, 0) is 43.7 Å². The molecule has 2 aromatic heterocycles. The van der Waals surface area contributed by atoms with E-state index >= 15 is 0 Å². The first-order valence-corrected chi connectivity index (χ1v) is 9.26. The summed E-state index contributed by atoms with van der Waals surface area (Å²) in [6, 6.07) is 11.4. The van der Waals surface area contributed by atoms with Crippen molar-refractivity contribution in [2.45, 2.75) is 32.1 Å². The summed E-state index contributed by atoms with van der Waals surface area (Å²) >= 11 is 6.06. The maximum atomic E-state index is 12.7. The summed E-state index contributed by atoms with van der Waals surface area (Å²) in [6.45, 7) is 3.95. The Labute approximate surface area is 171 Å². The van der Waals surface area contributed by atoms with Gasteiger partial charge in [-0.3, -0.25) is 0 Å². The smallest absolute Gasteiger partial charge is 0.433 e. The Morgan fingerprint density at radius 2 is 1.86 bits per heavy atom. The fourth-order valence-corrected chi connectivity index (χ4v) is 3.13. The number of ether oxygens (including phenoxy) is 1. The van der Waals surface area contributed by atoms with E-state index < -0.39 is 11.9 Å². The Kier molecular flexibility index (Phi) is 6.14. The molecule has 0 saturated heterocycles. The van der Waals surface area contributed by atoms with Crippen LogP contribution in [0.4, 0.5) is 13.2 Å². The number of hydrogen-bond acceptors (Lipinski definition) is 4. The summed E-state index contributed by atoms with van der Waals surface area (Å²) in [6.07, 6.45) is -3.37. The first-order chi connectivity index (χ1) is 13.7. The number of nitrogens with zero attached hydrogens (tertiary/aromatic N) is 3. The Morgan fingerprint density at radius 1 is 1.10 bits per heavy atom. The molecule has 5 nitrogen and oxygen atoms in total. The van der Waals surface area contributed by atoms with Gasteiger partial charge in [-0.1, -0.05) is 23.7 Å². The highest BCUT2D eigenvalue weighted by atomic mass is 35.5. The number of methoxy groups -OCH3 is 1. The van der Waals surface area contributed by atoms with Gasteiger partial charge in [-0.15, -0.1) is 0 Å². The number of alkyl halides is 3. The van der Waals surface area contributed by atoms with Crippen LogP contribution in [0.15, 0.2) is 48.7 Å². The molecule has 0 fully saturated rings. The predicted molar refractivity (Wildman–Crippen MR) is 104 cm³/mol. The highest BCUT2D eigenvalue weighted by Crippen LogP contribution is 2.29. The van der Waals surface area contributed by atoms with Crippen LogP contribution < -0.4 is 10.1 Å². The molecule has 9 heteroatoms. The van der Waals surface area contributed by atoms with Crippen molar-refractivity contribution >= 4 is 11.6 Å². The zero-order chi connectivity index (χ0) is 21.2. The quantitative estimate of drug-likeness (QED) is 0.578. The molecule has 29 heavy (non-hydrogen) atoms. The van der Waals surface area contributed by atoms with E-state index in [1.807, 2.05) is 38.1 Å². The predicted octanol–water partition coefficient (Wildman–Crippen LogP) is 5.36. The van der Waals surface area contributed by atoms with Crippen molar-refractivity contribution in [2.75, 3.05) is 7.11 Å². The van der Waals surface area contributed by atoms with Crippen LogP contribution in [0.1, 0.15) is 42.9 Å². The largest absolute Gasteiger partial charge is 0.481 e. The van der Waals surface area contributed by atoms with Gasteiger partial charge in [0.1, 0.15) is 5.69 Å². The summed E-state index contributed by atoms with van der Waals surface area (Å²) < 4.78 is 45.0. The van der Waals surface area contributed by atoms with E-state index in [0.29, 0.717) is 22.3 Å². The topological polar surface area (TPSA) is 52.0 Å². The molecule has 1 N–H and O–H groups in total. The molecule has 154 valence electrons. The second kappa shape index (κ2) is 8.42. The number of benzene rings is 1. The average molecular weight is 425 g/mol. The van der Waals surface area contributed by atoms with E-state index in [9.17, 15) is 13.2 Å². The van der Waals surface area contributed by atoms with Gasteiger partial charge in [-0.25, -0.2) is 4.98 Å². The second-order valence-electron chi connectivity index (χ2n) is 6.59. The molecule has 0 aliphatic carbocycles. The lowest BCUT2D eigenvalue weighted by atomic mass is 10.1. The fraction of sp³-hybridized carbons (Fsp3) is 0.300. The standard InChI is InChI=1S/C20H20ClF3N4O/c1-12(14-5-4-6-15(21)9-14)26-13(2)17-10-19(29-3)28(27-17)16-7-8-18(25-11-16)20(22,23)24/h4-13,26H,1-3H3/t12-,13?/m1/s1. The van der Waals surface area contributed by atoms with Crippen LogP contribution in [-0.2, 0) is 6.18 Å². The van der Waals surface area contributed by atoms with Crippen LogP contribution in [0.5, 0.6) is 5.88 Å². The molecule has 1 unspecified atom stereocenters. The van der Waals surface area contributed by atoms with Crippen molar-refractivity contribution in [3.63, 3.8) is 0 Å². The van der Waals surface area contributed by atoms with Crippen LogP contribution >= 0.6 is 11.6 Å². The summed E-state index contributed by atoms with van der Waals surface area (Å²) in [5.74, 6) is 0.394. The molecule has 0 aliphatic heterocycles. The molecule has 0 bridgehead atoms. The molecule has 2 atom stereocenters. The molecule has 2 heterocycles. The fourth-order valence-electron chi connectivity index (χ4n) is 2.93. The minimum absolute atomic E-state index is 0.00702. The summed E-state index contributed by atoms with van der Waals surface area (Å²) in [4.78, 5) is 3.48. The number of rotatable bonds is 6. The molecule has 1 aromatic carbocycles. The van der Waals surface area contributed by atoms with E-state index in [0.717, 1.165) is 17.8 Å². The molecule has 0 radical (unpaired) electrons. The lowest BCUT2D eigenvalue weighted by molar-refractivity contribution is -0.141. The van der Waals surface area contributed by atoms with Crippen molar-refractivity contribution in [3.05, 3.63) is 70.6 Å². The maximum absolute atomic E-state index is 12.7. The van der Waals surface area contributed by atoms with Crippen LogP contribution in [0.3, 0.4) is 0 Å². The van der Waals surface area contributed by atoms with Crippen LogP contribution in [0.2, 0.25) is 5.02 Å². The monoisotopic (exact) mass is 424 g/mol. The van der Waals surface area contributed by atoms with Gasteiger partial charge in [0.05, 0.1) is 24.7 Å². The minimum Gasteiger partial charge on any atom is -0.481 e. The molecule has 0 aliphatic rings. The highest BCUT2D eigenvalue weighted by molar-refractivity contribution is 6.30. The molecular formula is C20H20ClF3N4O. The number of pyridine rings is 1. The second-order valence-corrected chi connectivity index (χ2v) is 7.02. The van der Waals surface area contributed by atoms with Crippen molar-refractivity contribution in [2.24, 2.45) is 0 Å². The van der Waals surface area contributed by atoms with Crippen molar-refractivity contribution in [1.29, 1.82) is 0 Å². The van der Waals surface area contributed by atoms with Gasteiger partial charge in [0.2, 0.25) is 5.88 Å². The zero-order valence-corrected chi connectivity index (χ0v) is 16.8. The van der Waals surface area contributed by atoms with Crippen LogP contribution in [0, 0.1) is 0 Å². The van der Waals surface area contributed by atoms with E-state index in [-0.39, 0.29) is 12.1 Å². The lowest BCUT2D eigenvalue weighted by Gasteiger charge is -2.19. The normalized spacial score (nSPS) is 13.9. The van der Waals surface area contributed by atoms with Gasteiger partial charge in [0, 0.05) is 23.2 Å². The first kappa shape index (κ1) is 21.1. The van der Waals surface area contributed by atoms with Gasteiger partial charge in [0.25, 0.3) is 0 Å². The van der Waals surface area contributed by atoms with Crippen molar-refractivity contribution < 1.29 is 17.9 Å². The third kappa shape index (κ3) is 4.89. The summed E-state index contributed by atoms with van der Waals surface area (Å²) in [5.41, 5.74) is 1.12. The molecule has 3 rings (SSSR count). The van der Waals surface area contributed by atoms with Gasteiger partial charge in [0.15, 0.2) is 0 Å². The summed E-state index contributed by atoms with van der Waals surface area (Å²) in [5, 5.41) is 8.58. The van der Waals surface area contributed by atoms with Crippen LogP contribution in [-0.4, -0.2) is 21.9 Å². The third-order valence-corrected chi connectivity index (χ3v) is 4.72. The Hall–Kier alpha value is -2.58. The van der Waals surface area contributed by atoms with Crippen LogP contribution in [0.25, 0.3) is 5.69 Å². The third-order valence-electron chi connectivity index (χ3n) is 4.48. The zero-order valence-electron chi connectivity index (χ0n) is 16.0. The lowest BCUT2D eigenvalue weighted by Crippen LogP contribution is -2.23. The molecule has 0 saturated carbocycles. The van der Waals surface area contributed by atoms with E-state index in [1.54, 1.807) is 6.07 Å². The average Bonchev–Trinajstić information content (AvgIpc) is 3.12. The molecular weight excluding hydrogens is 405 g/mol. The van der Waals surface area contributed by atoms with Gasteiger partial charge in [-0.2, -0.15) is 23.0 Å². The highest BCUT2D eigenvalue weighted by Gasteiger charge is 2.32. The Bertz CT molecular complexity index is 973. The van der Waals surface area contributed by atoms with E-state index in [1.165, 1.54) is 17.9 Å².